The SMILES string of the molecule is c1ccc(-c2ccc(-c3ccccc3N(c3ccc(-c4cccc(-c5cccc6ccccc56)c4)cc3)c3ccc4c(c3)C(c3ccccc3)(c3ccccc3)c3ccccc3-4)cc2)cc1. The van der Waals surface area contributed by atoms with Crippen LogP contribution in [-0.2, 0) is 5.41 Å². The van der Waals surface area contributed by atoms with Crippen molar-refractivity contribution in [2.45, 2.75) is 5.41 Å². The fourth-order valence-electron chi connectivity index (χ4n) is 10.5. The number of para-hydroxylation sites is 1. The van der Waals surface area contributed by atoms with Crippen LogP contribution < -0.4 is 4.90 Å². The summed E-state index contributed by atoms with van der Waals surface area (Å²) >= 11 is 0. The summed E-state index contributed by atoms with van der Waals surface area (Å²) in [5.41, 5.74) is 19.9. The quantitative estimate of drug-likeness (QED) is 0.140. The van der Waals surface area contributed by atoms with E-state index in [4.69, 9.17) is 0 Å². The van der Waals surface area contributed by atoms with Crippen LogP contribution in [0.1, 0.15) is 22.3 Å². The van der Waals surface area contributed by atoms with Crippen LogP contribution >= 0.6 is 0 Å². The van der Waals surface area contributed by atoms with Gasteiger partial charge in [-0.2, -0.15) is 0 Å². The second-order valence-corrected chi connectivity index (χ2v) is 17.2. The Hall–Kier alpha value is -8.52. The van der Waals surface area contributed by atoms with E-state index < -0.39 is 5.41 Å². The van der Waals surface area contributed by atoms with E-state index in [1.54, 1.807) is 0 Å². The van der Waals surface area contributed by atoms with Crippen molar-refractivity contribution in [3.05, 3.63) is 295 Å². The highest BCUT2D eigenvalue weighted by Crippen LogP contribution is 2.57. The number of benzene rings is 11. The van der Waals surface area contributed by atoms with Crippen LogP contribution in [0.15, 0.2) is 273 Å². The Morgan fingerprint density at radius 2 is 0.742 bits per heavy atom. The topological polar surface area (TPSA) is 3.24 Å². The average Bonchev–Trinajstić information content (AvgIpc) is 3.70. The minimum absolute atomic E-state index is 0.526. The Morgan fingerprint density at radius 3 is 1.50 bits per heavy atom. The van der Waals surface area contributed by atoms with Crippen LogP contribution in [0.2, 0.25) is 0 Å². The Balaban J connectivity index is 1.03. The maximum absolute atomic E-state index is 2.46. The molecule has 310 valence electrons. The minimum atomic E-state index is -0.526. The van der Waals surface area contributed by atoms with Gasteiger partial charge >= 0.3 is 0 Å². The Morgan fingerprint density at radius 1 is 0.258 bits per heavy atom. The lowest BCUT2D eigenvalue weighted by molar-refractivity contribution is 0.768. The van der Waals surface area contributed by atoms with Gasteiger partial charge in [0, 0.05) is 16.9 Å². The maximum atomic E-state index is 2.46. The molecule has 0 spiro atoms. The molecule has 0 fully saturated rings. The lowest BCUT2D eigenvalue weighted by Gasteiger charge is -2.35. The number of nitrogens with zero attached hydrogens (tertiary/aromatic N) is 1. The van der Waals surface area contributed by atoms with Crippen molar-refractivity contribution in [3.63, 3.8) is 0 Å². The molecule has 1 aliphatic carbocycles. The maximum Gasteiger partial charge on any atom is 0.0714 e. The summed E-state index contributed by atoms with van der Waals surface area (Å²) in [4.78, 5) is 2.46. The largest absolute Gasteiger partial charge is 0.310 e. The molecule has 11 aromatic rings. The molecule has 12 rings (SSSR count). The van der Waals surface area contributed by atoms with Crippen LogP contribution in [0.4, 0.5) is 17.1 Å². The fraction of sp³-hybridized carbons (Fsp3) is 0.0154. The van der Waals surface area contributed by atoms with Gasteiger partial charge in [-0.15, -0.1) is 0 Å². The summed E-state index contributed by atoms with van der Waals surface area (Å²) in [6, 6.07) is 100. The second kappa shape index (κ2) is 16.6. The molecule has 0 saturated heterocycles. The smallest absolute Gasteiger partial charge is 0.0714 e. The monoisotopic (exact) mass is 839 g/mol. The third-order valence-electron chi connectivity index (χ3n) is 13.6. The zero-order valence-electron chi connectivity index (χ0n) is 36.4. The molecule has 0 aromatic heterocycles. The number of hydrogen-bond donors (Lipinski definition) is 0. The highest BCUT2D eigenvalue weighted by Gasteiger charge is 2.46. The van der Waals surface area contributed by atoms with Crippen molar-refractivity contribution >= 4 is 27.8 Å². The minimum Gasteiger partial charge on any atom is -0.310 e. The number of anilines is 3. The third kappa shape index (κ3) is 6.64. The van der Waals surface area contributed by atoms with E-state index in [2.05, 4.69) is 278 Å². The summed E-state index contributed by atoms with van der Waals surface area (Å²) in [7, 11) is 0. The Kier molecular flexibility index (Phi) is 9.81. The fourth-order valence-corrected chi connectivity index (χ4v) is 10.5. The summed E-state index contributed by atoms with van der Waals surface area (Å²) in [6.07, 6.45) is 0. The zero-order chi connectivity index (χ0) is 43.9. The van der Waals surface area contributed by atoms with Crippen LogP contribution in [0, 0.1) is 0 Å². The lowest BCUT2D eigenvalue weighted by atomic mass is 9.67. The van der Waals surface area contributed by atoms with E-state index in [0.717, 1.165) is 28.2 Å². The van der Waals surface area contributed by atoms with Crippen molar-refractivity contribution in [1.29, 1.82) is 0 Å². The van der Waals surface area contributed by atoms with Crippen molar-refractivity contribution in [2.24, 2.45) is 0 Å². The molecule has 0 unspecified atom stereocenters. The van der Waals surface area contributed by atoms with E-state index in [-0.39, 0.29) is 0 Å². The second-order valence-electron chi connectivity index (χ2n) is 17.2. The van der Waals surface area contributed by atoms with Gasteiger partial charge < -0.3 is 4.90 Å². The average molecular weight is 840 g/mol. The normalized spacial score (nSPS) is 12.4. The molecule has 1 heteroatoms. The predicted octanol–water partition coefficient (Wildman–Crippen LogP) is 17.3. The van der Waals surface area contributed by atoms with Crippen LogP contribution in [-0.4, -0.2) is 0 Å². The number of rotatable bonds is 9. The van der Waals surface area contributed by atoms with Crippen LogP contribution in [0.3, 0.4) is 0 Å². The van der Waals surface area contributed by atoms with Gasteiger partial charge in [-0.1, -0.05) is 237 Å². The summed E-state index contributed by atoms with van der Waals surface area (Å²) in [5.74, 6) is 0. The van der Waals surface area contributed by atoms with Gasteiger partial charge in [0.15, 0.2) is 0 Å². The highest BCUT2D eigenvalue weighted by molar-refractivity contribution is 5.98. The first-order chi connectivity index (χ1) is 32.7. The molecule has 1 aliphatic rings. The third-order valence-corrected chi connectivity index (χ3v) is 13.6. The Labute approximate surface area is 387 Å². The molecular formula is C65H45N. The molecule has 11 aromatic carbocycles. The molecule has 0 N–H and O–H groups in total. The van der Waals surface area contributed by atoms with Gasteiger partial charge in [-0.3, -0.25) is 0 Å². The van der Waals surface area contributed by atoms with Crippen molar-refractivity contribution in [1.82, 2.24) is 0 Å². The van der Waals surface area contributed by atoms with Crippen molar-refractivity contribution in [3.8, 4) is 55.6 Å². The molecule has 0 bridgehead atoms. The molecule has 0 atom stereocenters. The zero-order valence-corrected chi connectivity index (χ0v) is 36.4. The molecule has 66 heavy (non-hydrogen) atoms. The van der Waals surface area contributed by atoms with Gasteiger partial charge in [0.2, 0.25) is 0 Å². The first kappa shape index (κ1) is 39.1. The molecular weight excluding hydrogens is 795 g/mol. The van der Waals surface area contributed by atoms with Crippen molar-refractivity contribution < 1.29 is 0 Å². The van der Waals surface area contributed by atoms with E-state index in [0.29, 0.717) is 0 Å². The predicted molar refractivity (Wildman–Crippen MR) is 278 cm³/mol. The lowest BCUT2D eigenvalue weighted by Crippen LogP contribution is -2.28. The molecule has 0 aliphatic heterocycles. The van der Waals surface area contributed by atoms with Gasteiger partial charge in [0.1, 0.15) is 0 Å². The first-order valence-corrected chi connectivity index (χ1v) is 22.8. The molecule has 0 heterocycles. The van der Waals surface area contributed by atoms with Crippen LogP contribution in [0.5, 0.6) is 0 Å². The Bertz CT molecular complexity index is 3460. The van der Waals surface area contributed by atoms with Gasteiger partial charge in [0.25, 0.3) is 0 Å². The summed E-state index contributed by atoms with van der Waals surface area (Å²) < 4.78 is 0. The number of fused-ring (bicyclic) bond motifs is 4. The van der Waals surface area contributed by atoms with E-state index >= 15 is 0 Å². The standard InChI is InChI=1S/C65H45N/c1-4-18-46(19-5-1)47-34-36-50(37-35-47)59-29-13-15-33-64(59)66(55-40-38-48(39-41-55)51-22-16-23-52(44-51)58-31-17-21-49-20-10-11-28-57(49)58)56-42-43-61-60-30-12-14-32-62(60)65(63(61)45-56,53-24-6-2-7-25-53)54-26-8-3-9-27-54/h1-45H. The summed E-state index contributed by atoms with van der Waals surface area (Å²) in [6.45, 7) is 0. The number of hydrogen-bond acceptors (Lipinski definition) is 1. The van der Waals surface area contributed by atoms with E-state index in [1.165, 1.54) is 77.5 Å². The van der Waals surface area contributed by atoms with Gasteiger partial charge in [0.05, 0.1) is 11.1 Å². The molecule has 0 amide bonds. The highest BCUT2D eigenvalue weighted by atomic mass is 15.1. The molecule has 0 radical (unpaired) electrons. The molecule has 0 saturated carbocycles. The molecule has 1 nitrogen and oxygen atoms in total. The van der Waals surface area contributed by atoms with Gasteiger partial charge in [-0.25, -0.2) is 0 Å². The van der Waals surface area contributed by atoms with E-state index in [1.807, 2.05) is 0 Å². The first-order valence-electron chi connectivity index (χ1n) is 22.8. The van der Waals surface area contributed by atoms with E-state index in [9.17, 15) is 0 Å². The van der Waals surface area contributed by atoms with Crippen LogP contribution in [0.25, 0.3) is 66.4 Å². The van der Waals surface area contributed by atoms with Crippen molar-refractivity contribution in [2.75, 3.05) is 4.90 Å². The summed E-state index contributed by atoms with van der Waals surface area (Å²) in [5, 5.41) is 2.51. The van der Waals surface area contributed by atoms with Gasteiger partial charge in [-0.05, 0) is 119 Å².